The minimum absolute atomic E-state index is 0.102. The second-order valence-electron chi connectivity index (χ2n) is 10.6. The van der Waals surface area contributed by atoms with Gasteiger partial charge in [0.1, 0.15) is 6.33 Å². The van der Waals surface area contributed by atoms with E-state index in [-0.39, 0.29) is 5.91 Å². The zero-order valence-corrected chi connectivity index (χ0v) is 22.3. The lowest BCUT2D eigenvalue weighted by atomic mass is 9.99. The maximum Gasteiger partial charge on any atom is 0.255 e. The highest BCUT2D eigenvalue weighted by Gasteiger charge is 2.24. The Morgan fingerprint density at radius 3 is 2.82 bits per heavy atom. The van der Waals surface area contributed by atoms with Crippen LogP contribution in [0, 0.1) is 0 Å². The fourth-order valence-corrected chi connectivity index (χ4v) is 5.22. The van der Waals surface area contributed by atoms with Crippen LogP contribution in [0.1, 0.15) is 84.7 Å². The Balaban J connectivity index is 1.31. The molecule has 6 rings (SSSR count). The first kappa shape index (κ1) is 25.4. The Bertz CT molecular complexity index is 1410. The molecule has 1 amide bonds. The first-order valence-corrected chi connectivity index (χ1v) is 14.2. The number of nitrogens with one attached hydrogen (secondary N) is 1. The fraction of sp³-hybridized carbons (Fsp3) is 0.375. The van der Waals surface area contributed by atoms with Gasteiger partial charge in [0.25, 0.3) is 5.91 Å². The number of carbonyl (C=O) groups excluding carboxylic acids is 1. The number of amides is 1. The first-order chi connectivity index (χ1) is 19.2. The average molecular weight is 522 g/mol. The van der Waals surface area contributed by atoms with Gasteiger partial charge in [0.2, 0.25) is 0 Å². The van der Waals surface area contributed by atoms with Crippen molar-refractivity contribution in [3.05, 3.63) is 95.5 Å². The lowest BCUT2D eigenvalue weighted by Gasteiger charge is -2.15. The van der Waals surface area contributed by atoms with Gasteiger partial charge in [-0.1, -0.05) is 36.4 Å². The van der Waals surface area contributed by atoms with Crippen molar-refractivity contribution >= 4 is 11.5 Å². The number of rotatable bonds is 2. The van der Waals surface area contributed by atoms with Crippen LogP contribution in [-0.4, -0.2) is 32.3 Å². The van der Waals surface area contributed by atoms with Crippen LogP contribution in [-0.2, 0) is 17.9 Å². The van der Waals surface area contributed by atoms with Crippen molar-refractivity contribution in [2.24, 2.45) is 0 Å². The summed E-state index contributed by atoms with van der Waals surface area (Å²) in [7, 11) is 0. The molecule has 200 valence electrons. The molecule has 1 aliphatic heterocycles. The number of benzene rings is 1. The van der Waals surface area contributed by atoms with E-state index < -0.39 is 0 Å². The zero-order valence-electron chi connectivity index (χ0n) is 22.3. The lowest BCUT2D eigenvalue weighted by molar-refractivity contribution is 0.0947. The standard InChI is InChI=1S/C32H35N5O2/c38-32-29-19-25(26-15-16-30(33-20-26)23-11-12-23)13-14-27(29)21-39-18-5-4-17-37-22-34-36-31(37)24-7-2-1-3-9-28(35-32)10-6-8-24/h6-8,10,13-16,19-20,22-23H,1-5,9,11-12,17-18,21H2,(H,35,38)/b8-6-,24-7?,28-10+. The van der Waals surface area contributed by atoms with Gasteiger partial charge < -0.3 is 14.6 Å². The summed E-state index contributed by atoms with van der Waals surface area (Å²) >= 11 is 0. The number of ether oxygens (including phenoxy) is 1. The van der Waals surface area contributed by atoms with Gasteiger partial charge in [-0.05, 0) is 80.7 Å². The molecule has 0 spiro atoms. The number of hydrogen-bond donors (Lipinski definition) is 1. The maximum atomic E-state index is 13.7. The molecular weight excluding hydrogens is 486 g/mol. The Morgan fingerprint density at radius 2 is 1.95 bits per heavy atom. The quantitative estimate of drug-likeness (QED) is 0.425. The first-order valence-electron chi connectivity index (χ1n) is 14.2. The van der Waals surface area contributed by atoms with Gasteiger partial charge in [-0.25, -0.2) is 0 Å². The number of hydrogen-bond acceptors (Lipinski definition) is 5. The molecular formula is C32H35N5O2. The summed E-state index contributed by atoms with van der Waals surface area (Å²) in [5, 5.41) is 11.8. The van der Waals surface area contributed by atoms with Crippen LogP contribution < -0.4 is 5.32 Å². The van der Waals surface area contributed by atoms with Gasteiger partial charge in [-0.15, -0.1) is 10.2 Å². The van der Waals surface area contributed by atoms with Crippen LogP contribution in [0.5, 0.6) is 0 Å². The Morgan fingerprint density at radius 1 is 1.03 bits per heavy atom. The van der Waals surface area contributed by atoms with E-state index in [1.54, 1.807) is 0 Å². The van der Waals surface area contributed by atoms with Gasteiger partial charge in [0.15, 0.2) is 5.82 Å². The molecule has 0 saturated heterocycles. The Labute approximate surface area is 229 Å². The summed E-state index contributed by atoms with van der Waals surface area (Å²) in [6.07, 6.45) is 20.2. The molecule has 39 heavy (non-hydrogen) atoms. The lowest BCUT2D eigenvalue weighted by Crippen LogP contribution is -2.24. The molecule has 0 unspecified atom stereocenters. The normalized spacial score (nSPS) is 21.1. The number of aryl methyl sites for hydroxylation is 1. The van der Waals surface area contributed by atoms with Crippen molar-refractivity contribution < 1.29 is 9.53 Å². The topological polar surface area (TPSA) is 81.9 Å². The van der Waals surface area contributed by atoms with Gasteiger partial charge in [-0.2, -0.15) is 0 Å². The molecule has 3 heterocycles. The molecule has 1 fully saturated rings. The minimum Gasteiger partial charge on any atom is -0.377 e. The molecule has 2 aliphatic carbocycles. The van der Waals surface area contributed by atoms with E-state index in [9.17, 15) is 4.79 Å². The second kappa shape index (κ2) is 11.9. The molecule has 0 radical (unpaired) electrons. The summed E-state index contributed by atoms with van der Waals surface area (Å²) in [5.74, 6) is 1.40. The fourth-order valence-electron chi connectivity index (χ4n) is 5.22. The largest absolute Gasteiger partial charge is 0.377 e. The van der Waals surface area contributed by atoms with Crippen molar-refractivity contribution in [3.8, 4) is 11.1 Å². The SMILES string of the molecule is O=C1N/C2=C/C=C\C(=CCCCC2)c2nncn2CCCCOCc2ccc(-c3ccc(C4CC4)nc3)cc21. The van der Waals surface area contributed by atoms with Gasteiger partial charge in [0, 0.05) is 53.4 Å². The van der Waals surface area contributed by atoms with Crippen molar-refractivity contribution in [1.82, 2.24) is 25.1 Å². The van der Waals surface area contributed by atoms with Gasteiger partial charge in [-0.3, -0.25) is 9.78 Å². The highest BCUT2D eigenvalue weighted by molar-refractivity contribution is 5.98. The zero-order chi connectivity index (χ0) is 26.4. The highest BCUT2D eigenvalue weighted by Crippen LogP contribution is 2.39. The third-order valence-corrected chi connectivity index (χ3v) is 7.65. The smallest absolute Gasteiger partial charge is 0.255 e. The van der Waals surface area contributed by atoms with E-state index >= 15 is 0 Å². The van der Waals surface area contributed by atoms with Crippen molar-refractivity contribution in [2.45, 2.75) is 70.4 Å². The van der Waals surface area contributed by atoms with Gasteiger partial charge in [0.05, 0.1) is 6.61 Å². The van der Waals surface area contributed by atoms with Crippen molar-refractivity contribution in [3.63, 3.8) is 0 Å². The van der Waals surface area contributed by atoms with Gasteiger partial charge >= 0.3 is 0 Å². The van der Waals surface area contributed by atoms with E-state index in [1.165, 1.54) is 18.5 Å². The van der Waals surface area contributed by atoms with E-state index in [4.69, 9.17) is 4.74 Å². The van der Waals surface area contributed by atoms with E-state index in [0.29, 0.717) is 24.7 Å². The molecule has 7 heteroatoms. The third kappa shape index (κ3) is 6.25. The Kier molecular flexibility index (Phi) is 7.77. The summed E-state index contributed by atoms with van der Waals surface area (Å²) in [4.78, 5) is 18.4. The van der Waals surface area contributed by atoms with Crippen LogP contribution >= 0.6 is 0 Å². The van der Waals surface area contributed by atoms with Crippen LogP contribution in [0.25, 0.3) is 16.7 Å². The summed E-state index contributed by atoms with van der Waals surface area (Å²) in [6.45, 7) is 1.86. The number of carbonyl (C=O) groups is 1. The molecule has 0 atom stereocenters. The molecule has 2 aromatic heterocycles. The predicted octanol–water partition coefficient (Wildman–Crippen LogP) is 6.36. The summed E-state index contributed by atoms with van der Waals surface area (Å²) < 4.78 is 8.17. The van der Waals surface area contributed by atoms with Crippen molar-refractivity contribution in [1.29, 1.82) is 0 Å². The van der Waals surface area contributed by atoms with Crippen LogP contribution in [0.4, 0.5) is 0 Å². The maximum absolute atomic E-state index is 13.7. The second-order valence-corrected chi connectivity index (χ2v) is 10.6. The molecule has 1 N–H and O–H groups in total. The number of fused-ring (bicyclic) bond motifs is 5. The number of aromatic nitrogens is 4. The van der Waals surface area contributed by atoms with Crippen LogP contribution in [0.15, 0.2) is 72.9 Å². The van der Waals surface area contributed by atoms with Crippen LogP contribution in [0.3, 0.4) is 0 Å². The Hall–Kier alpha value is -3.84. The summed E-state index contributed by atoms with van der Waals surface area (Å²) in [6, 6.07) is 10.3. The molecule has 1 aromatic carbocycles. The number of pyridine rings is 1. The highest BCUT2D eigenvalue weighted by atomic mass is 16.5. The number of nitrogens with zero attached hydrogens (tertiary/aromatic N) is 4. The average Bonchev–Trinajstić information content (AvgIpc) is 3.71. The predicted molar refractivity (Wildman–Crippen MR) is 152 cm³/mol. The summed E-state index contributed by atoms with van der Waals surface area (Å²) in [5.41, 5.74) is 6.69. The number of allylic oxidation sites excluding steroid dienone is 6. The van der Waals surface area contributed by atoms with E-state index in [2.05, 4.69) is 55.4 Å². The molecule has 7 nitrogen and oxygen atoms in total. The molecule has 3 aromatic rings. The molecule has 1 saturated carbocycles. The monoisotopic (exact) mass is 521 g/mol. The van der Waals surface area contributed by atoms with Crippen LogP contribution in [0.2, 0.25) is 0 Å². The van der Waals surface area contributed by atoms with Crippen molar-refractivity contribution in [2.75, 3.05) is 6.61 Å². The van der Waals surface area contributed by atoms with E-state index in [0.717, 1.165) is 78.9 Å². The minimum atomic E-state index is -0.102. The molecule has 2 bridgehead atoms. The van der Waals surface area contributed by atoms with E-state index in [1.807, 2.05) is 36.8 Å². The molecule has 3 aliphatic rings. The third-order valence-electron chi connectivity index (χ3n) is 7.65.